The van der Waals surface area contributed by atoms with E-state index in [9.17, 15) is 9.59 Å². The summed E-state index contributed by atoms with van der Waals surface area (Å²) in [6.45, 7) is 17.1. The van der Waals surface area contributed by atoms with Crippen LogP contribution in [0.1, 0.15) is 72.6 Å². The molecule has 0 aromatic heterocycles. The van der Waals surface area contributed by atoms with Crippen LogP contribution in [0.15, 0.2) is 36.1 Å². The quantitative estimate of drug-likeness (QED) is 0.195. The van der Waals surface area contributed by atoms with Crippen molar-refractivity contribution in [1.29, 1.82) is 0 Å². The van der Waals surface area contributed by atoms with Crippen LogP contribution >= 0.6 is 0 Å². The van der Waals surface area contributed by atoms with Crippen molar-refractivity contribution in [2.75, 3.05) is 52.7 Å². The molecule has 2 amide bonds. The first-order chi connectivity index (χ1) is 16.7. The first kappa shape index (κ1) is 31.1. The fourth-order valence-electron chi connectivity index (χ4n) is 3.79. The summed E-state index contributed by atoms with van der Waals surface area (Å²) in [5.74, 6) is -0.160. The number of ether oxygens (including phenoxy) is 3. The van der Waals surface area contributed by atoms with Crippen LogP contribution in [-0.4, -0.2) is 69.4 Å². The molecule has 0 saturated heterocycles. The largest absolute Gasteiger partial charge is 0.379 e. The van der Waals surface area contributed by atoms with Crippen LogP contribution in [0.25, 0.3) is 0 Å². The van der Waals surface area contributed by atoms with Crippen molar-refractivity contribution in [3.8, 4) is 0 Å². The molecule has 0 fully saturated rings. The van der Waals surface area contributed by atoms with Gasteiger partial charge in [0.25, 0.3) is 5.91 Å². The van der Waals surface area contributed by atoms with E-state index >= 15 is 0 Å². The Morgan fingerprint density at radius 2 is 1.63 bits per heavy atom. The van der Waals surface area contributed by atoms with E-state index in [0.29, 0.717) is 51.5 Å². The lowest BCUT2D eigenvalue weighted by Gasteiger charge is -2.19. The number of nitrogens with one attached hydrogen (secondary N) is 1. The van der Waals surface area contributed by atoms with Crippen LogP contribution in [0.2, 0.25) is 0 Å². The normalized spacial score (nSPS) is 14.8. The van der Waals surface area contributed by atoms with Gasteiger partial charge in [0.05, 0.1) is 33.0 Å². The van der Waals surface area contributed by atoms with E-state index in [2.05, 4.69) is 32.7 Å². The first-order valence-electron chi connectivity index (χ1n) is 13.1. The molecular formula is C28H48N2O5. The average Bonchev–Trinajstić information content (AvgIpc) is 3.13. The van der Waals surface area contributed by atoms with E-state index in [1.165, 1.54) is 24.5 Å². The van der Waals surface area contributed by atoms with Gasteiger partial charge in [0, 0.05) is 37.9 Å². The molecule has 0 radical (unpaired) electrons. The maximum Gasteiger partial charge on any atom is 0.251 e. The molecule has 0 saturated carbocycles. The number of hydrogen-bond acceptors (Lipinski definition) is 5. The molecule has 1 aliphatic heterocycles. The lowest BCUT2D eigenvalue weighted by Crippen LogP contribution is -2.32. The minimum atomic E-state index is -0.0904. The fourth-order valence-corrected chi connectivity index (χ4v) is 3.79. The summed E-state index contributed by atoms with van der Waals surface area (Å²) in [5, 5.41) is 2.82. The van der Waals surface area contributed by atoms with E-state index in [0.717, 1.165) is 38.0 Å². The Kier molecular flexibility index (Phi) is 16.3. The average molecular weight is 493 g/mol. The van der Waals surface area contributed by atoms with E-state index in [-0.39, 0.29) is 18.2 Å². The highest BCUT2D eigenvalue weighted by Crippen LogP contribution is 2.25. The summed E-state index contributed by atoms with van der Waals surface area (Å²) < 4.78 is 16.6. The van der Waals surface area contributed by atoms with Gasteiger partial charge < -0.3 is 24.4 Å². The number of carbonyl (C=O) groups excluding carboxylic acids is 2. The zero-order valence-corrected chi connectivity index (χ0v) is 22.5. The Morgan fingerprint density at radius 3 is 2.29 bits per heavy atom. The molecule has 1 heterocycles. The minimum Gasteiger partial charge on any atom is -0.379 e. The van der Waals surface area contributed by atoms with Crippen LogP contribution in [0.5, 0.6) is 0 Å². The molecule has 1 N–H and O–H groups in total. The van der Waals surface area contributed by atoms with Crippen molar-refractivity contribution < 1.29 is 23.8 Å². The first-order valence-corrected chi connectivity index (χ1v) is 13.1. The SMILES string of the molecule is C=C(CCCCCOCCOCCOCCNC(=O)CCN1C(=O)C=C/C1=C\CC)CC(C)(C)C. The zero-order valence-electron chi connectivity index (χ0n) is 22.5. The second-order valence-electron chi connectivity index (χ2n) is 10.1. The van der Waals surface area contributed by atoms with Gasteiger partial charge in [0.15, 0.2) is 0 Å². The predicted molar refractivity (Wildman–Crippen MR) is 141 cm³/mol. The third-order valence-corrected chi connectivity index (χ3v) is 5.36. The van der Waals surface area contributed by atoms with Crippen LogP contribution in [0.4, 0.5) is 0 Å². The highest BCUT2D eigenvalue weighted by molar-refractivity contribution is 5.93. The number of unbranched alkanes of at least 4 members (excludes halogenated alkanes) is 2. The molecule has 0 bridgehead atoms. The van der Waals surface area contributed by atoms with Crippen molar-refractivity contribution in [3.05, 3.63) is 36.1 Å². The minimum absolute atomic E-state index is 0.0695. The van der Waals surface area contributed by atoms with Gasteiger partial charge in [0.2, 0.25) is 5.91 Å². The fraction of sp³-hybridized carbons (Fsp3) is 0.714. The second-order valence-corrected chi connectivity index (χ2v) is 10.1. The molecule has 35 heavy (non-hydrogen) atoms. The molecule has 0 aromatic carbocycles. The van der Waals surface area contributed by atoms with Crippen molar-refractivity contribution >= 4 is 11.8 Å². The summed E-state index contributed by atoms with van der Waals surface area (Å²) in [5.41, 5.74) is 2.54. The highest BCUT2D eigenvalue weighted by atomic mass is 16.5. The van der Waals surface area contributed by atoms with Gasteiger partial charge >= 0.3 is 0 Å². The van der Waals surface area contributed by atoms with E-state index in [1.54, 1.807) is 11.0 Å². The van der Waals surface area contributed by atoms with Gasteiger partial charge in [-0.2, -0.15) is 0 Å². The number of allylic oxidation sites excluding steroid dienone is 3. The van der Waals surface area contributed by atoms with Gasteiger partial charge in [-0.05, 0) is 43.6 Å². The molecule has 1 aliphatic rings. The molecule has 0 aromatic rings. The van der Waals surface area contributed by atoms with Gasteiger partial charge in [-0.25, -0.2) is 0 Å². The molecule has 7 heteroatoms. The lowest BCUT2D eigenvalue weighted by molar-refractivity contribution is -0.125. The summed E-state index contributed by atoms with van der Waals surface area (Å²) in [6.07, 6.45) is 12.0. The number of nitrogens with zero attached hydrogens (tertiary/aromatic N) is 1. The Morgan fingerprint density at radius 1 is 0.971 bits per heavy atom. The summed E-state index contributed by atoms with van der Waals surface area (Å²) in [6, 6.07) is 0. The number of amides is 2. The summed E-state index contributed by atoms with van der Waals surface area (Å²) in [7, 11) is 0. The van der Waals surface area contributed by atoms with Gasteiger partial charge in [-0.1, -0.05) is 52.3 Å². The summed E-state index contributed by atoms with van der Waals surface area (Å²) >= 11 is 0. The van der Waals surface area contributed by atoms with Gasteiger partial charge in [-0.15, -0.1) is 0 Å². The van der Waals surface area contributed by atoms with Crippen molar-refractivity contribution in [3.63, 3.8) is 0 Å². The topological polar surface area (TPSA) is 77.1 Å². The molecule has 0 aliphatic carbocycles. The Balaban J connectivity index is 1.85. The second kappa shape index (κ2) is 18.3. The zero-order chi connectivity index (χ0) is 25.9. The van der Waals surface area contributed by atoms with Crippen molar-refractivity contribution in [1.82, 2.24) is 10.2 Å². The monoisotopic (exact) mass is 492 g/mol. The van der Waals surface area contributed by atoms with Crippen molar-refractivity contribution in [2.24, 2.45) is 5.41 Å². The number of rotatable bonds is 20. The predicted octanol–water partition coefficient (Wildman–Crippen LogP) is 4.79. The van der Waals surface area contributed by atoms with E-state index in [4.69, 9.17) is 14.2 Å². The third-order valence-electron chi connectivity index (χ3n) is 5.36. The maximum atomic E-state index is 12.0. The Bertz CT molecular complexity index is 694. The highest BCUT2D eigenvalue weighted by Gasteiger charge is 2.20. The molecule has 1 rings (SSSR count). The standard InChI is InChI=1S/C28H48N2O5/c1-6-10-25-12-13-27(32)30(25)16-14-26(31)29-15-18-34-20-22-35-21-19-33-17-9-7-8-11-24(2)23-28(3,4)5/h10,12-13H,2,6-9,11,14-23H2,1,3-5H3,(H,29,31)/b25-10+. The third kappa shape index (κ3) is 16.4. The molecular weight excluding hydrogens is 444 g/mol. The molecule has 0 unspecified atom stereocenters. The number of carbonyl (C=O) groups is 2. The Labute approximate surface area is 212 Å². The molecule has 0 spiro atoms. The van der Waals surface area contributed by atoms with Crippen LogP contribution in [0.3, 0.4) is 0 Å². The maximum absolute atomic E-state index is 12.0. The molecule has 200 valence electrons. The summed E-state index contributed by atoms with van der Waals surface area (Å²) in [4.78, 5) is 25.5. The van der Waals surface area contributed by atoms with Crippen LogP contribution < -0.4 is 5.32 Å². The molecule has 7 nitrogen and oxygen atoms in total. The van der Waals surface area contributed by atoms with E-state index in [1.807, 2.05) is 13.0 Å². The van der Waals surface area contributed by atoms with Gasteiger partial charge in [0.1, 0.15) is 0 Å². The Hall–Kier alpha value is -1.96. The lowest BCUT2D eigenvalue weighted by atomic mass is 9.87. The van der Waals surface area contributed by atoms with E-state index < -0.39 is 0 Å². The van der Waals surface area contributed by atoms with Crippen LogP contribution in [0, 0.1) is 5.41 Å². The van der Waals surface area contributed by atoms with Crippen LogP contribution in [-0.2, 0) is 23.8 Å². The van der Waals surface area contributed by atoms with Gasteiger partial charge in [-0.3, -0.25) is 9.59 Å². The number of hydrogen-bond donors (Lipinski definition) is 1. The molecule has 0 atom stereocenters. The van der Waals surface area contributed by atoms with Crippen molar-refractivity contribution in [2.45, 2.75) is 72.6 Å². The smallest absolute Gasteiger partial charge is 0.251 e.